The smallest absolute Gasteiger partial charge is 0.267 e. The lowest BCUT2D eigenvalue weighted by atomic mass is 10.2. The van der Waals surface area contributed by atoms with Crippen molar-refractivity contribution in [2.24, 2.45) is 0 Å². The zero-order valence-corrected chi connectivity index (χ0v) is 11.8. The number of aryl methyl sites for hydroxylation is 1. The summed E-state index contributed by atoms with van der Waals surface area (Å²) < 4.78 is 0. The summed E-state index contributed by atoms with van der Waals surface area (Å²) in [7, 11) is 0. The van der Waals surface area contributed by atoms with Gasteiger partial charge in [0.1, 0.15) is 11.6 Å². The molecule has 0 aliphatic heterocycles. The van der Waals surface area contributed by atoms with Crippen molar-refractivity contribution in [3.63, 3.8) is 0 Å². The molecule has 110 valence electrons. The van der Waals surface area contributed by atoms with Crippen LogP contribution < -0.4 is 16.0 Å². The van der Waals surface area contributed by atoms with Gasteiger partial charge in [-0.1, -0.05) is 18.2 Å². The maximum Gasteiger partial charge on any atom is 0.267 e. The molecular formula is C15H18N4O2. The van der Waals surface area contributed by atoms with E-state index in [2.05, 4.69) is 16.0 Å². The highest BCUT2D eigenvalue weighted by Crippen LogP contribution is 2.13. The Morgan fingerprint density at radius 1 is 1.29 bits per heavy atom. The van der Waals surface area contributed by atoms with Gasteiger partial charge < -0.3 is 16.0 Å². The number of nitriles is 1. The molecule has 6 nitrogen and oxygen atoms in total. The van der Waals surface area contributed by atoms with E-state index in [1.54, 1.807) is 6.07 Å². The molecule has 0 saturated carbocycles. The molecule has 2 amide bonds. The number of hydrogen-bond donors (Lipinski definition) is 3. The first-order chi connectivity index (χ1) is 10.2. The molecule has 1 aromatic rings. The summed E-state index contributed by atoms with van der Waals surface area (Å²) >= 11 is 0. The van der Waals surface area contributed by atoms with Crippen molar-refractivity contribution in [1.82, 2.24) is 10.6 Å². The van der Waals surface area contributed by atoms with E-state index in [1.165, 1.54) is 6.20 Å². The van der Waals surface area contributed by atoms with Crippen LogP contribution in [0.15, 0.2) is 36.0 Å². The summed E-state index contributed by atoms with van der Waals surface area (Å²) in [5, 5.41) is 17.1. The Kier molecular flexibility index (Phi) is 7.08. The van der Waals surface area contributed by atoms with Crippen LogP contribution in [0.2, 0.25) is 0 Å². The average Bonchev–Trinajstić information content (AvgIpc) is 2.49. The topological polar surface area (TPSA) is 94.0 Å². The molecule has 0 bridgehead atoms. The van der Waals surface area contributed by atoms with Gasteiger partial charge in [0.05, 0.1) is 0 Å². The van der Waals surface area contributed by atoms with Gasteiger partial charge in [-0.05, 0) is 25.0 Å². The summed E-state index contributed by atoms with van der Waals surface area (Å²) in [6.45, 7) is 2.98. The fraction of sp³-hybridized carbons (Fsp3) is 0.267. The van der Waals surface area contributed by atoms with Crippen molar-refractivity contribution in [2.45, 2.75) is 13.3 Å². The highest BCUT2D eigenvalue weighted by Gasteiger charge is 2.09. The first-order valence-electron chi connectivity index (χ1n) is 6.56. The zero-order valence-electron chi connectivity index (χ0n) is 11.8. The monoisotopic (exact) mass is 286 g/mol. The van der Waals surface area contributed by atoms with Gasteiger partial charge in [-0.3, -0.25) is 9.59 Å². The Labute approximate surface area is 123 Å². The molecular weight excluding hydrogens is 268 g/mol. The Balaban J connectivity index is 2.51. The maximum atomic E-state index is 12.0. The Bertz CT molecular complexity index is 561. The van der Waals surface area contributed by atoms with Crippen LogP contribution >= 0.6 is 0 Å². The molecule has 0 saturated heterocycles. The number of amides is 2. The van der Waals surface area contributed by atoms with Gasteiger partial charge in [0, 0.05) is 25.0 Å². The number of rotatable bonds is 8. The molecule has 0 heterocycles. The second-order valence-corrected chi connectivity index (χ2v) is 4.32. The van der Waals surface area contributed by atoms with E-state index in [4.69, 9.17) is 5.26 Å². The van der Waals surface area contributed by atoms with Crippen LogP contribution in [0, 0.1) is 18.3 Å². The molecule has 0 atom stereocenters. The lowest BCUT2D eigenvalue weighted by molar-refractivity contribution is -0.112. The zero-order chi connectivity index (χ0) is 15.5. The van der Waals surface area contributed by atoms with Gasteiger partial charge >= 0.3 is 0 Å². The summed E-state index contributed by atoms with van der Waals surface area (Å²) in [6, 6.07) is 9.21. The summed E-state index contributed by atoms with van der Waals surface area (Å²) in [6.07, 6.45) is 2.72. The van der Waals surface area contributed by atoms with Crippen LogP contribution in [0.5, 0.6) is 0 Å². The molecule has 0 aliphatic rings. The van der Waals surface area contributed by atoms with Crippen LogP contribution in [0.1, 0.15) is 12.0 Å². The quantitative estimate of drug-likeness (QED) is 0.288. The molecule has 0 unspecified atom stereocenters. The van der Waals surface area contributed by atoms with Crippen molar-refractivity contribution in [3.05, 3.63) is 41.6 Å². The van der Waals surface area contributed by atoms with E-state index in [9.17, 15) is 9.59 Å². The summed E-state index contributed by atoms with van der Waals surface area (Å²) in [4.78, 5) is 22.0. The average molecular weight is 286 g/mol. The lowest BCUT2D eigenvalue weighted by Gasteiger charge is -2.07. The number of anilines is 1. The molecule has 0 radical (unpaired) electrons. The molecule has 0 spiro atoms. The standard InChI is InChI=1S/C15H18N4O2/c1-12-5-2-3-6-14(12)19-15(21)13(9-16)10-17-7-4-8-18-11-20/h2-3,5-6,10-11,17H,4,7-8H2,1H3,(H,18,20)(H,19,21)/b13-10-. The van der Waals surface area contributed by atoms with E-state index in [0.717, 1.165) is 5.56 Å². The van der Waals surface area contributed by atoms with Gasteiger partial charge in [-0.15, -0.1) is 0 Å². The Morgan fingerprint density at radius 2 is 2.00 bits per heavy atom. The van der Waals surface area contributed by atoms with Crippen molar-refractivity contribution in [2.75, 3.05) is 18.4 Å². The van der Waals surface area contributed by atoms with E-state index < -0.39 is 5.91 Å². The molecule has 21 heavy (non-hydrogen) atoms. The second-order valence-electron chi connectivity index (χ2n) is 4.32. The number of nitrogens with zero attached hydrogens (tertiary/aromatic N) is 1. The third-order valence-corrected chi connectivity index (χ3v) is 2.73. The maximum absolute atomic E-state index is 12.0. The molecule has 0 fully saturated rings. The first kappa shape index (κ1) is 16.2. The molecule has 0 aliphatic carbocycles. The Hall–Kier alpha value is -2.81. The lowest BCUT2D eigenvalue weighted by Crippen LogP contribution is -2.20. The van der Waals surface area contributed by atoms with Gasteiger partial charge in [0.2, 0.25) is 6.41 Å². The fourth-order valence-corrected chi connectivity index (χ4v) is 1.58. The highest BCUT2D eigenvalue weighted by molar-refractivity contribution is 6.06. The minimum Gasteiger partial charge on any atom is -0.390 e. The first-order valence-corrected chi connectivity index (χ1v) is 6.56. The molecule has 3 N–H and O–H groups in total. The fourth-order valence-electron chi connectivity index (χ4n) is 1.58. The third kappa shape index (κ3) is 5.78. The largest absolute Gasteiger partial charge is 0.390 e. The summed E-state index contributed by atoms with van der Waals surface area (Å²) in [5.41, 5.74) is 1.61. The number of hydrogen-bond acceptors (Lipinski definition) is 4. The minimum absolute atomic E-state index is 0.00148. The molecule has 1 aromatic carbocycles. The molecule has 0 aromatic heterocycles. The van der Waals surface area contributed by atoms with E-state index in [1.807, 2.05) is 31.2 Å². The van der Waals surface area contributed by atoms with Crippen LogP contribution in [-0.2, 0) is 9.59 Å². The molecule has 1 rings (SSSR count). The van der Waals surface area contributed by atoms with E-state index >= 15 is 0 Å². The molecule has 6 heteroatoms. The highest BCUT2D eigenvalue weighted by atomic mass is 16.1. The number of nitrogens with one attached hydrogen (secondary N) is 3. The van der Waals surface area contributed by atoms with E-state index in [0.29, 0.717) is 31.6 Å². The van der Waals surface area contributed by atoms with Crippen molar-refractivity contribution < 1.29 is 9.59 Å². The predicted octanol–water partition coefficient (Wildman–Crippen LogP) is 1.07. The van der Waals surface area contributed by atoms with Crippen LogP contribution in [0.4, 0.5) is 5.69 Å². The Morgan fingerprint density at radius 3 is 2.67 bits per heavy atom. The van der Waals surface area contributed by atoms with E-state index in [-0.39, 0.29) is 5.57 Å². The van der Waals surface area contributed by atoms with Crippen LogP contribution in [-0.4, -0.2) is 25.4 Å². The predicted molar refractivity (Wildman–Crippen MR) is 80.2 cm³/mol. The van der Waals surface area contributed by atoms with Crippen molar-refractivity contribution >= 4 is 18.0 Å². The SMILES string of the molecule is Cc1ccccc1NC(=O)/C(C#N)=C\NCCCNC=O. The van der Waals surface area contributed by atoms with Gasteiger partial charge in [-0.2, -0.15) is 5.26 Å². The van der Waals surface area contributed by atoms with Crippen molar-refractivity contribution in [3.8, 4) is 6.07 Å². The normalized spacial score (nSPS) is 10.4. The second kappa shape index (κ2) is 9.15. The van der Waals surface area contributed by atoms with Gasteiger partial charge in [-0.25, -0.2) is 0 Å². The van der Waals surface area contributed by atoms with Crippen molar-refractivity contribution in [1.29, 1.82) is 5.26 Å². The number of para-hydroxylation sites is 1. The number of carbonyl (C=O) groups is 2. The van der Waals surface area contributed by atoms with Crippen LogP contribution in [0.25, 0.3) is 0 Å². The minimum atomic E-state index is -0.453. The number of carbonyl (C=O) groups excluding carboxylic acids is 2. The van der Waals surface area contributed by atoms with Gasteiger partial charge in [0.25, 0.3) is 5.91 Å². The third-order valence-electron chi connectivity index (χ3n) is 2.73. The summed E-state index contributed by atoms with van der Waals surface area (Å²) in [5.74, 6) is -0.453. The van der Waals surface area contributed by atoms with Gasteiger partial charge in [0.15, 0.2) is 0 Å². The number of benzene rings is 1. The van der Waals surface area contributed by atoms with Crippen LogP contribution in [0.3, 0.4) is 0 Å².